The van der Waals surface area contributed by atoms with Gasteiger partial charge in [-0.1, -0.05) is 28.1 Å². The van der Waals surface area contributed by atoms with Gasteiger partial charge in [-0.15, -0.1) is 0 Å². The number of aromatic amines is 2. The third kappa shape index (κ3) is 3.06. The summed E-state index contributed by atoms with van der Waals surface area (Å²) in [4.78, 5) is 13.4. The fourth-order valence-corrected chi connectivity index (χ4v) is 2.02. The van der Waals surface area contributed by atoms with E-state index >= 15 is 0 Å². The Bertz CT molecular complexity index is 518. The molecule has 0 aliphatic carbocycles. The van der Waals surface area contributed by atoms with E-state index < -0.39 is 0 Å². The van der Waals surface area contributed by atoms with Crippen molar-refractivity contribution in [2.45, 2.75) is 19.3 Å². The van der Waals surface area contributed by atoms with E-state index in [2.05, 4.69) is 43.2 Å². The molecular weight excluding hydrogens is 270 g/mol. The van der Waals surface area contributed by atoms with E-state index in [1.807, 2.05) is 12.1 Å². The molecule has 0 unspecified atom stereocenters. The lowest BCUT2D eigenvalue weighted by Crippen LogP contribution is -2.01. The van der Waals surface area contributed by atoms with Crippen molar-refractivity contribution in [2.75, 3.05) is 0 Å². The summed E-state index contributed by atoms with van der Waals surface area (Å²) in [5, 5.41) is 6.22. The van der Waals surface area contributed by atoms with Crippen LogP contribution in [-0.4, -0.2) is 15.2 Å². The van der Waals surface area contributed by atoms with Gasteiger partial charge in [0.2, 0.25) is 0 Å². The fraction of sp³-hybridized carbons (Fsp3) is 0.273. The molecule has 0 atom stereocenters. The van der Waals surface area contributed by atoms with Crippen molar-refractivity contribution in [3.8, 4) is 0 Å². The van der Waals surface area contributed by atoms with Crippen LogP contribution in [0.5, 0.6) is 0 Å². The first kappa shape index (κ1) is 11.1. The SMILES string of the molecule is O=c1[nH]nc(CCCc2cccc(Br)c2)[nH]1. The molecule has 0 bridgehead atoms. The number of nitrogens with one attached hydrogen (secondary N) is 2. The third-order valence-corrected chi connectivity index (χ3v) is 2.81. The molecule has 0 aliphatic heterocycles. The predicted molar refractivity (Wildman–Crippen MR) is 65.4 cm³/mol. The van der Waals surface area contributed by atoms with Crippen LogP contribution in [0.15, 0.2) is 33.5 Å². The molecule has 0 fully saturated rings. The van der Waals surface area contributed by atoms with Crippen LogP contribution in [0.3, 0.4) is 0 Å². The van der Waals surface area contributed by atoms with Gasteiger partial charge in [0.05, 0.1) is 0 Å². The minimum absolute atomic E-state index is 0.238. The fourth-order valence-electron chi connectivity index (χ4n) is 1.58. The first-order chi connectivity index (χ1) is 7.74. The van der Waals surface area contributed by atoms with Gasteiger partial charge in [0.1, 0.15) is 5.82 Å². The largest absolute Gasteiger partial charge is 0.340 e. The average Bonchev–Trinajstić information content (AvgIpc) is 2.64. The van der Waals surface area contributed by atoms with Crippen molar-refractivity contribution in [3.05, 3.63) is 50.6 Å². The van der Waals surface area contributed by atoms with Crippen LogP contribution in [0.2, 0.25) is 0 Å². The van der Waals surface area contributed by atoms with Gasteiger partial charge in [-0.05, 0) is 30.5 Å². The second-order valence-electron chi connectivity index (χ2n) is 3.61. The van der Waals surface area contributed by atoms with E-state index in [1.165, 1.54) is 5.56 Å². The Morgan fingerprint density at radius 2 is 2.19 bits per heavy atom. The second kappa shape index (κ2) is 5.12. The van der Waals surface area contributed by atoms with E-state index in [0.29, 0.717) is 0 Å². The summed E-state index contributed by atoms with van der Waals surface area (Å²) in [6.07, 6.45) is 2.73. The lowest BCUT2D eigenvalue weighted by Gasteiger charge is -2.00. The van der Waals surface area contributed by atoms with Crippen LogP contribution in [0, 0.1) is 0 Å². The quantitative estimate of drug-likeness (QED) is 0.901. The molecule has 1 heterocycles. The van der Waals surface area contributed by atoms with Crippen molar-refractivity contribution < 1.29 is 0 Å². The summed E-state index contributed by atoms with van der Waals surface area (Å²) in [5.41, 5.74) is 1.05. The molecule has 4 nitrogen and oxygen atoms in total. The van der Waals surface area contributed by atoms with Crippen LogP contribution in [0.4, 0.5) is 0 Å². The highest BCUT2D eigenvalue weighted by Crippen LogP contribution is 2.13. The number of benzene rings is 1. The van der Waals surface area contributed by atoms with E-state index in [9.17, 15) is 4.79 Å². The molecule has 2 N–H and O–H groups in total. The first-order valence-electron chi connectivity index (χ1n) is 5.12. The highest BCUT2D eigenvalue weighted by molar-refractivity contribution is 9.10. The van der Waals surface area contributed by atoms with Crippen molar-refractivity contribution in [3.63, 3.8) is 0 Å². The van der Waals surface area contributed by atoms with Gasteiger partial charge in [0.15, 0.2) is 0 Å². The predicted octanol–water partition coefficient (Wildman–Crippen LogP) is 2.04. The van der Waals surface area contributed by atoms with Crippen molar-refractivity contribution in [2.24, 2.45) is 0 Å². The maximum Gasteiger partial charge on any atom is 0.340 e. The number of rotatable bonds is 4. The lowest BCUT2D eigenvalue weighted by molar-refractivity contribution is 0.774. The number of hydrogen-bond donors (Lipinski definition) is 2. The molecule has 0 amide bonds. The summed E-state index contributed by atoms with van der Waals surface area (Å²) in [6.45, 7) is 0. The molecule has 1 aromatic carbocycles. The first-order valence-corrected chi connectivity index (χ1v) is 5.91. The topological polar surface area (TPSA) is 61.5 Å². The van der Waals surface area contributed by atoms with Crippen molar-refractivity contribution >= 4 is 15.9 Å². The van der Waals surface area contributed by atoms with Crippen LogP contribution in [0.1, 0.15) is 17.8 Å². The van der Waals surface area contributed by atoms with Crippen molar-refractivity contribution in [1.29, 1.82) is 0 Å². The third-order valence-electron chi connectivity index (χ3n) is 2.32. The molecule has 1 aromatic heterocycles. The highest BCUT2D eigenvalue weighted by atomic mass is 79.9. The van der Waals surface area contributed by atoms with E-state index in [1.54, 1.807) is 0 Å². The second-order valence-corrected chi connectivity index (χ2v) is 4.52. The lowest BCUT2D eigenvalue weighted by atomic mass is 10.1. The van der Waals surface area contributed by atoms with Gasteiger partial charge in [-0.2, -0.15) is 5.10 Å². The van der Waals surface area contributed by atoms with E-state index in [0.717, 1.165) is 29.6 Å². The Balaban J connectivity index is 1.86. The molecule has 0 saturated heterocycles. The van der Waals surface area contributed by atoms with Gasteiger partial charge in [-0.3, -0.25) is 4.98 Å². The Labute approximate surface area is 101 Å². The summed E-state index contributed by atoms with van der Waals surface area (Å²) in [5.74, 6) is 0.722. The molecule has 0 saturated carbocycles. The molecule has 0 spiro atoms. The zero-order chi connectivity index (χ0) is 11.4. The standard InChI is InChI=1S/C11H12BrN3O/c12-9-5-1-3-8(7-9)4-2-6-10-13-11(16)15-14-10/h1,3,5,7H,2,4,6H2,(H2,13,14,15,16). The van der Waals surface area contributed by atoms with Crippen molar-refractivity contribution in [1.82, 2.24) is 15.2 Å². The molecular formula is C11H12BrN3O. The van der Waals surface area contributed by atoms with E-state index in [4.69, 9.17) is 0 Å². The minimum Gasteiger partial charge on any atom is -0.293 e. The monoisotopic (exact) mass is 281 g/mol. The number of hydrogen-bond acceptors (Lipinski definition) is 2. The van der Waals surface area contributed by atoms with Crippen LogP contribution >= 0.6 is 15.9 Å². The van der Waals surface area contributed by atoms with Gasteiger partial charge in [-0.25, -0.2) is 9.89 Å². The number of aromatic nitrogens is 3. The summed E-state index contributed by atoms with van der Waals surface area (Å²) >= 11 is 3.44. The van der Waals surface area contributed by atoms with Gasteiger partial charge >= 0.3 is 5.69 Å². The maximum absolute atomic E-state index is 10.8. The number of aryl methyl sites for hydroxylation is 2. The van der Waals surface area contributed by atoms with Gasteiger partial charge in [0, 0.05) is 10.9 Å². The minimum atomic E-state index is -0.238. The zero-order valence-corrected chi connectivity index (χ0v) is 10.3. The Hall–Kier alpha value is -1.36. The van der Waals surface area contributed by atoms with Crippen LogP contribution in [0.25, 0.3) is 0 Å². The molecule has 2 rings (SSSR count). The number of halogens is 1. The van der Waals surface area contributed by atoms with Gasteiger partial charge in [0.25, 0.3) is 0 Å². The zero-order valence-electron chi connectivity index (χ0n) is 8.66. The molecule has 5 heteroatoms. The average molecular weight is 282 g/mol. The Kier molecular flexibility index (Phi) is 3.56. The number of nitrogens with zero attached hydrogens (tertiary/aromatic N) is 1. The molecule has 84 valence electrons. The van der Waals surface area contributed by atoms with Crippen LogP contribution < -0.4 is 5.69 Å². The smallest absolute Gasteiger partial charge is 0.293 e. The normalized spacial score (nSPS) is 10.6. The Morgan fingerprint density at radius 1 is 1.31 bits per heavy atom. The molecule has 0 aliphatic rings. The maximum atomic E-state index is 10.8. The molecule has 0 radical (unpaired) electrons. The highest BCUT2D eigenvalue weighted by Gasteiger charge is 1.99. The molecule has 2 aromatic rings. The summed E-state index contributed by atoms with van der Waals surface area (Å²) in [7, 11) is 0. The Morgan fingerprint density at radius 3 is 2.88 bits per heavy atom. The van der Waals surface area contributed by atoms with E-state index in [-0.39, 0.29) is 5.69 Å². The number of H-pyrrole nitrogens is 2. The summed E-state index contributed by atoms with van der Waals surface area (Å²) in [6, 6.07) is 8.23. The molecule has 16 heavy (non-hydrogen) atoms. The van der Waals surface area contributed by atoms with Crippen LogP contribution in [-0.2, 0) is 12.8 Å². The van der Waals surface area contributed by atoms with Gasteiger partial charge < -0.3 is 0 Å². The summed E-state index contributed by atoms with van der Waals surface area (Å²) < 4.78 is 1.10.